The predicted octanol–water partition coefficient (Wildman–Crippen LogP) is 6.07. The minimum absolute atomic E-state index is 0.550. The summed E-state index contributed by atoms with van der Waals surface area (Å²) >= 11 is 0. The molecule has 0 atom stereocenters. The molecule has 0 unspecified atom stereocenters. The van der Waals surface area contributed by atoms with E-state index in [2.05, 4.69) is 62.4 Å². The molecule has 3 aromatic carbocycles. The summed E-state index contributed by atoms with van der Waals surface area (Å²) in [6, 6.07) is 27.2. The van der Waals surface area contributed by atoms with E-state index in [1.54, 1.807) is 0 Å². The second-order valence-corrected chi connectivity index (χ2v) is 6.69. The Morgan fingerprint density at radius 1 is 0.692 bits per heavy atom. The van der Waals surface area contributed by atoms with Gasteiger partial charge in [-0.1, -0.05) is 80.6 Å². The molecule has 0 spiro atoms. The summed E-state index contributed by atoms with van der Waals surface area (Å²) in [7, 11) is 0. The van der Waals surface area contributed by atoms with Crippen molar-refractivity contribution < 1.29 is 9.47 Å². The predicted molar refractivity (Wildman–Crippen MR) is 108 cm³/mol. The Balaban J connectivity index is 1.39. The maximum Gasteiger partial charge on any atom is 0.119 e. The molecule has 0 aliphatic rings. The van der Waals surface area contributed by atoms with Crippen molar-refractivity contribution >= 4 is 0 Å². The van der Waals surface area contributed by atoms with Crippen LogP contribution in [-0.4, -0.2) is 13.2 Å². The highest BCUT2D eigenvalue weighted by Gasteiger charge is 2.00. The molecule has 0 fully saturated rings. The summed E-state index contributed by atoms with van der Waals surface area (Å²) < 4.78 is 11.5. The molecule has 0 aromatic heterocycles. The van der Waals surface area contributed by atoms with Crippen LogP contribution in [0.4, 0.5) is 0 Å². The van der Waals surface area contributed by atoms with Crippen molar-refractivity contribution in [3.8, 4) is 16.9 Å². The Morgan fingerprint density at radius 2 is 1.35 bits per heavy atom. The average molecular weight is 346 g/mol. The molecule has 26 heavy (non-hydrogen) atoms. The topological polar surface area (TPSA) is 18.5 Å². The summed E-state index contributed by atoms with van der Waals surface area (Å²) in [5.41, 5.74) is 4.96. The number of benzene rings is 3. The number of hydrogen-bond donors (Lipinski definition) is 0. The fourth-order valence-electron chi connectivity index (χ4n) is 2.78. The SMILES string of the molecule is CC(C)c1ccc(COCCOc2ccc(-c3ccccc3)cc2)cc1. The van der Waals surface area contributed by atoms with Gasteiger partial charge in [0.2, 0.25) is 0 Å². The minimum Gasteiger partial charge on any atom is -0.491 e. The first-order valence-corrected chi connectivity index (χ1v) is 9.17. The molecular formula is C24H26O2. The molecular weight excluding hydrogens is 320 g/mol. The monoisotopic (exact) mass is 346 g/mol. The van der Waals surface area contributed by atoms with Crippen molar-refractivity contribution in [1.82, 2.24) is 0 Å². The highest BCUT2D eigenvalue weighted by molar-refractivity contribution is 5.63. The van der Waals surface area contributed by atoms with Gasteiger partial charge >= 0.3 is 0 Å². The zero-order valence-corrected chi connectivity index (χ0v) is 15.5. The molecule has 0 N–H and O–H groups in total. The van der Waals surface area contributed by atoms with Crippen molar-refractivity contribution in [1.29, 1.82) is 0 Å². The quantitative estimate of drug-likeness (QED) is 0.461. The first-order valence-electron chi connectivity index (χ1n) is 9.17. The zero-order chi connectivity index (χ0) is 18.2. The summed E-state index contributed by atoms with van der Waals surface area (Å²) in [6.07, 6.45) is 0. The average Bonchev–Trinajstić information content (AvgIpc) is 2.69. The largest absolute Gasteiger partial charge is 0.491 e. The lowest BCUT2D eigenvalue weighted by Crippen LogP contribution is -2.06. The highest BCUT2D eigenvalue weighted by atomic mass is 16.5. The Morgan fingerprint density at radius 3 is 2.00 bits per heavy atom. The molecule has 2 nitrogen and oxygen atoms in total. The van der Waals surface area contributed by atoms with Crippen LogP contribution in [0.15, 0.2) is 78.9 Å². The van der Waals surface area contributed by atoms with Crippen molar-refractivity contribution in [2.75, 3.05) is 13.2 Å². The fraction of sp³-hybridized carbons (Fsp3) is 0.250. The van der Waals surface area contributed by atoms with E-state index in [4.69, 9.17) is 9.47 Å². The standard InChI is InChI=1S/C24H26O2/c1-19(2)21-10-8-20(9-11-21)18-25-16-17-26-24-14-12-23(13-15-24)22-6-4-3-5-7-22/h3-15,19H,16-18H2,1-2H3. The molecule has 0 saturated carbocycles. The molecule has 0 saturated heterocycles. The molecule has 0 radical (unpaired) electrons. The van der Waals surface area contributed by atoms with Crippen LogP contribution in [-0.2, 0) is 11.3 Å². The second kappa shape index (κ2) is 9.21. The van der Waals surface area contributed by atoms with Crippen molar-refractivity contribution in [3.63, 3.8) is 0 Å². The molecule has 2 heteroatoms. The molecule has 0 amide bonds. The van der Waals surface area contributed by atoms with Gasteiger partial charge in [-0.3, -0.25) is 0 Å². The lowest BCUT2D eigenvalue weighted by Gasteiger charge is -2.09. The lowest BCUT2D eigenvalue weighted by molar-refractivity contribution is 0.0889. The Hall–Kier alpha value is -2.58. The van der Waals surface area contributed by atoms with Crippen LogP contribution < -0.4 is 4.74 Å². The minimum atomic E-state index is 0.550. The molecule has 0 bridgehead atoms. The van der Waals surface area contributed by atoms with Crippen molar-refractivity contribution in [2.24, 2.45) is 0 Å². The molecule has 0 heterocycles. The summed E-state index contributed by atoms with van der Waals surface area (Å²) in [6.45, 7) is 6.15. The maximum absolute atomic E-state index is 5.76. The third-order valence-corrected chi connectivity index (χ3v) is 4.37. The van der Waals surface area contributed by atoms with E-state index >= 15 is 0 Å². The lowest BCUT2D eigenvalue weighted by atomic mass is 10.0. The van der Waals surface area contributed by atoms with Crippen LogP contribution in [0, 0.1) is 0 Å². The zero-order valence-electron chi connectivity index (χ0n) is 15.5. The van der Waals surface area contributed by atoms with Gasteiger partial charge in [0.05, 0.1) is 13.2 Å². The summed E-state index contributed by atoms with van der Waals surface area (Å²) in [4.78, 5) is 0. The first kappa shape index (κ1) is 18.2. The number of ether oxygens (including phenoxy) is 2. The Kier molecular flexibility index (Phi) is 6.45. The van der Waals surface area contributed by atoms with E-state index < -0.39 is 0 Å². The third-order valence-electron chi connectivity index (χ3n) is 4.37. The molecule has 0 aliphatic heterocycles. The summed E-state index contributed by atoms with van der Waals surface area (Å²) in [5, 5.41) is 0. The van der Waals surface area contributed by atoms with Gasteiger partial charge in [0.25, 0.3) is 0 Å². The van der Waals surface area contributed by atoms with E-state index in [1.807, 2.05) is 30.3 Å². The van der Waals surface area contributed by atoms with Crippen molar-refractivity contribution in [2.45, 2.75) is 26.4 Å². The normalized spacial score (nSPS) is 10.9. The van der Waals surface area contributed by atoms with Crippen LogP contribution in [0.1, 0.15) is 30.9 Å². The second-order valence-electron chi connectivity index (χ2n) is 6.69. The molecule has 0 aliphatic carbocycles. The fourth-order valence-corrected chi connectivity index (χ4v) is 2.78. The first-order chi connectivity index (χ1) is 12.7. The Labute approximate surface area is 156 Å². The van der Waals surface area contributed by atoms with Crippen LogP contribution in [0.25, 0.3) is 11.1 Å². The van der Waals surface area contributed by atoms with E-state index in [0.29, 0.717) is 25.7 Å². The van der Waals surface area contributed by atoms with Gasteiger partial charge in [-0.15, -0.1) is 0 Å². The third kappa shape index (κ3) is 5.21. The van der Waals surface area contributed by atoms with E-state index in [0.717, 1.165) is 5.75 Å². The molecule has 3 aromatic rings. The van der Waals surface area contributed by atoms with Gasteiger partial charge in [-0.05, 0) is 40.3 Å². The van der Waals surface area contributed by atoms with Gasteiger partial charge in [0, 0.05) is 0 Å². The highest BCUT2D eigenvalue weighted by Crippen LogP contribution is 2.22. The van der Waals surface area contributed by atoms with Gasteiger partial charge in [-0.25, -0.2) is 0 Å². The van der Waals surface area contributed by atoms with Gasteiger partial charge < -0.3 is 9.47 Å². The van der Waals surface area contributed by atoms with E-state index in [9.17, 15) is 0 Å². The molecule has 3 rings (SSSR count). The van der Waals surface area contributed by atoms with Gasteiger partial charge in [0.1, 0.15) is 12.4 Å². The van der Waals surface area contributed by atoms with Crippen LogP contribution in [0.2, 0.25) is 0 Å². The number of hydrogen-bond acceptors (Lipinski definition) is 2. The molecule has 134 valence electrons. The smallest absolute Gasteiger partial charge is 0.119 e. The van der Waals surface area contributed by atoms with E-state index in [-0.39, 0.29) is 0 Å². The Bertz CT molecular complexity index is 775. The van der Waals surface area contributed by atoms with Crippen LogP contribution in [0.3, 0.4) is 0 Å². The van der Waals surface area contributed by atoms with Crippen molar-refractivity contribution in [3.05, 3.63) is 90.0 Å². The van der Waals surface area contributed by atoms with E-state index in [1.165, 1.54) is 22.3 Å². The maximum atomic E-state index is 5.76. The van der Waals surface area contributed by atoms with Crippen LogP contribution >= 0.6 is 0 Å². The summed E-state index contributed by atoms with van der Waals surface area (Å²) in [5.74, 6) is 1.43. The number of rotatable bonds is 8. The van der Waals surface area contributed by atoms with Crippen LogP contribution in [0.5, 0.6) is 5.75 Å². The van der Waals surface area contributed by atoms with Gasteiger partial charge in [0.15, 0.2) is 0 Å². The van der Waals surface area contributed by atoms with Gasteiger partial charge in [-0.2, -0.15) is 0 Å².